The minimum Gasteiger partial charge on any atom is -0.497 e. The van der Waals surface area contributed by atoms with Gasteiger partial charge >= 0.3 is 5.97 Å². The number of hydrogen-bond donors (Lipinski definition) is 3. The Hall–Kier alpha value is -3.55. The van der Waals surface area contributed by atoms with Crippen molar-refractivity contribution < 1.29 is 29.0 Å². The zero-order valence-electron chi connectivity index (χ0n) is 14.9. The molecule has 2 rings (SSSR count). The lowest BCUT2D eigenvalue weighted by Crippen LogP contribution is -2.14. The Kier molecular flexibility index (Phi) is 6.76. The normalized spacial score (nSPS) is 10.0. The van der Waals surface area contributed by atoms with Gasteiger partial charge in [-0.05, 0) is 36.4 Å². The molecule has 0 aromatic heterocycles. The van der Waals surface area contributed by atoms with Crippen LogP contribution in [0.5, 0.6) is 11.5 Å². The van der Waals surface area contributed by atoms with E-state index in [0.717, 1.165) is 0 Å². The fraction of sp³-hybridized carbons (Fsp3) is 0.211. The number of amides is 2. The third-order valence-electron chi connectivity index (χ3n) is 3.65. The van der Waals surface area contributed by atoms with Crippen molar-refractivity contribution >= 4 is 29.2 Å². The Bertz CT molecular complexity index is 833. The van der Waals surface area contributed by atoms with Crippen LogP contribution in [-0.2, 0) is 9.59 Å². The standard InChI is InChI=1S/C19H20N2O6/c1-26-14-7-8-15(16(11-14)27-2)21-19(25)12-3-5-13(6-4-12)20-17(22)9-10-18(23)24/h3-8,11H,9-10H2,1-2H3,(H,20,22)(H,21,25)(H,23,24). The molecule has 0 fully saturated rings. The molecule has 0 bridgehead atoms. The van der Waals surface area contributed by atoms with Gasteiger partial charge in [0.2, 0.25) is 5.91 Å². The van der Waals surface area contributed by atoms with Gasteiger partial charge in [-0.15, -0.1) is 0 Å². The smallest absolute Gasteiger partial charge is 0.303 e. The molecule has 27 heavy (non-hydrogen) atoms. The van der Waals surface area contributed by atoms with Crippen molar-refractivity contribution in [3.8, 4) is 11.5 Å². The summed E-state index contributed by atoms with van der Waals surface area (Å²) in [4.78, 5) is 34.5. The molecule has 3 N–H and O–H groups in total. The Labute approximate surface area is 156 Å². The van der Waals surface area contributed by atoms with E-state index >= 15 is 0 Å². The summed E-state index contributed by atoms with van der Waals surface area (Å²) in [6.45, 7) is 0. The molecule has 0 spiro atoms. The third-order valence-corrected chi connectivity index (χ3v) is 3.65. The summed E-state index contributed by atoms with van der Waals surface area (Å²) in [6.07, 6.45) is -0.356. The highest BCUT2D eigenvalue weighted by Crippen LogP contribution is 2.29. The van der Waals surface area contributed by atoms with Crippen LogP contribution in [-0.4, -0.2) is 37.1 Å². The Morgan fingerprint density at radius 2 is 1.63 bits per heavy atom. The van der Waals surface area contributed by atoms with Gasteiger partial charge in [-0.1, -0.05) is 0 Å². The summed E-state index contributed by atoms with van der Waals surface area (Å²) < 4.78 is 10.4. The molecular weight excluding hydrogens is 352 g/mol. The maximum absolute atomic E-state index is 12.4. The summed E-state index contributed by atoms with van der Waals surface area (Å²) >= 11 is 0. The SMILES string of the molecule is COc1ccc(NC(=O)c2ccc(NC(=O)CCC(=O)O)cc2)c(OC)c1. The number of hydrogen-bond acceptors (Lipinski definition) is 5. The largest absolute Gasteiger partial charge is 0.497 e. The van der Waals surface area contributed by atoms with E-state index < -0.39 is 11.9 Å². The molecule has 0 saturated carbocycles. The molecule has 8 nitrogen and oxygen atoms in total. The molecule has 0 radical (unpaired) electrons. The molecule has 0 aliphatic heterocycles. The first-order valence-electron chi connectivity index (χ1n) is 8.08. The van der Waals surface area contributed by atoms with Crippen LogP contribution in [0.4, 0.5) is 11.4 Å². The van der Waals surface area contributed by atoms with E-state index in [4.69, 9.17) is 14.6 Å². The monoisotopic (exact) mass is 372 g/mol. The number of carbonyl (C=O) groups is 3. The lowest BCUT2D eigenvalue weighted by molar-refractivity contribution is -0.138. The van der Waals surface area contributed by atoms with E-state index in [-0.39, 0.29) is 18.7 Å². The molecule has 0 heterocycles. The molecule has 0 aliphatic rings. The third kappa shape index (κ3) is 5.74. The second-order valence-electron chi connectivity index (χ2n) is 5.54. The topological polar surface area (TPSA) is 114 Å². The number of benzene rings is 2. The summed E-state index contributed by atoms with van der Waals surface area (Å²) in [7, 11) is 3.03. The quantitative estimate of drug-likeness (QED) is 0.656. The van der Waals surface area contributed by atoms with Gasteiger partial charge < -0.3 is 25.2 Å². The van der Waals surface area contributed by atoms with Crippen molar-refractivity contribution in [3.05, 3.63) is 48.0 Å². The summed E-state index contributed by atoms with van der Waals surface area (Å²) in [5, 5.41) is 13.9. The zero-order valence-corrected chi connectivity index (χ0v) is 14.9. The van der Waals surface area contributed by atoms with Crippen LogP contribution in [0.3, 0.4) is 0 Å². The number of ether oxygens (including phenoxy) is 2. The first kappa shape index (κ1) is 19.8. The van der Waals surface area contributed by atoms with Gasteiger partial charge in [0.15, 0.2) is 0 Å². The van der Waals surface area contributed by atoms with E-state index in [1.54, 1.807) is 42.5 Å². The molecule has 2 aromatic rings. The molecular formula is C19H20N2O6. The van der Waals surface area contributed by atoms with Crippen molar-refractivity contribution in [2.45, 2.75) is 12.8 Å². The van der Waals surface area contributed by atoms with Crippen LogP contribution >= 0.6 is 0 Å². The van der Waals surface area contributed by atoms with E-state index in [1.165, 1.54) is 14.2 Å². The van der Waals surface area contributed by atoms with Crippen LogP contribution in [0.2, 0.25) is 0 Å². The lowest BCUT2D eigenvalue weighted by Gasteiger charge is -2.12. The van der Waals surface area contributed by atoms with Crippen molar-refractivity contribution in [2.24, 2.45) is 0 Å². The molecule has 2 aromatic carbocycles. The van der Waals surface area contributed by atoms with Crippen molar-refractivity contribution in [2.75, 3.05) is 24.9 Å². The zero-order chi connectivity index (χ0) is 19.8. The minimum absolute atomic E-state index is 0.116. The van der Waals surface area contributed by atoms with Crippen LogP contribution in [0.25, 0.3) is 0 Å². The maximum atomic E-state index is 12.4. The number of rotatable bonds is 8. The number of carboxylic acids is 1. The van der Waals surface area contributed by atoms with Crippen LogP contribution < -0.4 is 20.1 Å². The molecule has 142 valence electrons. The number of anilines is 2. The average Bonchev–Trinajstić information content (AvgIpc) is 2.67. The fourth-order valence-corrected chi connectivity index (χ4v) is 2.25. The van der Waals surface area contributed by atoms with Gasteiger partial charge in [0, 0.05) is 23.7 Å². The molecule has 0 unspecified atom stereocenters. The van der Waals surface area contributed by atoms with Gasteiger partial charge in [-0.25, -0.2) is 0 Å². The average molecular weight is 372 g/mol. The number of methoxy groups -OCH3 is 2. The fourth-order valence-electron chi connectivity index (χ4n) is 2.25. The minimum atomic E-state index is -1.04. The summed E-state index contributed by atoms with van der Waals surface area (Å²) in [6, 6.07) is 11.3. The predicted octanol–water partition coefficient (Wildman–Crippen LogP) is 2.76. The first-order chi connectivity index (χ1) is 12.9. The first-order valence-corrected chi connectivity index (χ1v) is 8.08. The van der Waals surface area contributed by atoms with Crippen molar-refractivity contribution in [1.82, 2.24) is 0 Å². The predicted molar refractivity (Wildman–Crippen MR) is 99.4 cm³/mol. The van der Waals surface area contributed by atoms with Crippen molar-refractivity contribution in [1.29, 1.82) is 0 Å². The van der Waals surface area contributed by atoms with E-state index in [2.05, 4.69) is 10.6 Å². The summed E-state index contributed by atoms with van der Waals surface area (Å²) in [5.41, 5.74) is 1.36. The van der Waals surface area contributed by atoms with Crippen LogP contribution in [0.1, 0.15) is 23.2 Å². The summed E-state index contributed by atoms with van der Waals surface area (Å²) in [5.74, 6) is -0.719. The van der Waals surface area contributed by atoms with Crippen LogP contribution in [0.15, 0.2) is 42.5 Å². The molecule has 2 amide bonds. The number of carbonyl (C=O) groups excluding carboxylic acids is 2. The second-order valence-corrected chi connectivity index (χ2v) is 5.54. The highest BCUT2D eigenvalue weighted by atomic mass is 16.5. The number of nitrogens with one attached hydrogen (secondary N) is 2. The molecule has 0 aliphatic carbocycles. The Balaban J connectivity index is 2.01. The number of aliphatic carboxylic acids is 1. The maximum Gasteiger partial charge on any atom is 0.303 e. The molecule has 0 atom stereocenters. The lowest BCUT2D eigenvalue weighted by atomic mass is 10.1. The van der Waals surface area contributed by atoms with E-state index in [1.807, 2.05) is 0 Å². The van der Waals surface area contributed by atoms with E-state index in [9.17, 15) is 14.4 Å². The van der Waals surface area contributed by atoms with E-state index in [0.29, 0.717) is 28.4 Å². The van der Waals surface area contributed by atoms with Crippen molar-refractivity contribution in [3.63, 3.8) is 0 Å². The molecule has 8 heteroatoms. The molecule has 0 saturated heterocycles. The number of carboxylic acid groups (broad SMARTS) is 1. The highest BCUT2D eigenvalue weighted by Gasteiger charge is 2.11. The second kappa shape index (κ2) is 9.23. The Morgan fingerprint density at radius 3 is 2.22 bits per heavy atom. The van der Waals surface area contributed by atoms with Gasteiger partial charge in [0.05, 0.1) is 26.3 Å². The van der Waals surface area contributed by atoms with Crippen LogP contribution in [0, 0.1) is 0 Å². The Morgan fingerprint density at radius 1 is 0.926 bits per heavy atom. The van der Waals surface area contributed by atoms with Gasteiger partial charge in [0.25, 0.3) is 5.91 Å². The van der Waals surface area contributed by atoms with Gasteiger partial charge in [-0.2, -0.15) is 0 Å². The van der Waals surface area contributed by atoms with Gasteiger partial charge in [0.1, 0.15) is 11.5 Å². The highest BCUT2D eigenvalue weighted by molar-refractivity contribution is 6.05. The van der Waals surface area contributed by atoms with Gasteiger partial charge in [-0.3, -0.25) is 14.4 Å².